The van der Waals surface area contributed by atoms with Crippen molar-refractivity contribution in [1.29, 1.82) is 0 Å². The summed E-state index contributed by atoms with van der Waals surface area (Å²) in [6, 6.07) is 6.94. The number of piperidine rings is 1. The third-order valence-corrected chi connectivity index (χ3v) is 4.68. The molecule has 7 nitrogen and oxygen atoms in total. The summed E-state index contributed by atoms with van der Waals surface area (Å²) in [6.07, 6.45) is 2.07. The summed E-state index contributed by atoms with van der Waals surface area (Å²) in [4.78, 5) is 38.6. The van der Waals surface area contributed by atoms with Crippen molar-refractivity contribution in [3.63, 3.8) is 0 Å². The van der Waals surface area contributed by atoms with Gasteiger partial charge in [0.25, 0.3) is 11.1 Å². The van der Waals surface area contributed by atoms with E-state index in [0.717, 1.165) is 25.9 Å². The number of hydrogen-bond acceptors (Lipinski definition) is 4. The van der Waals surface area contributed by atoms with Crippen molar-refractivity contribution in [2.75, 3.05) is 20.1 Å². The van der Waals surface area contributed by atoms with E-state index in [-0.39, 0.29) is 48.4 Å². The Morgan fingerprint density at radius 3 is 2.52 bits per heavy atom. The number of nitrogens with zero attached hydrogens (tertiary/aromatic N) is 2. The summed E-state index contributed by atoms with van der Waals surface area (Å²) in [5.41, 5.74) is -0.591. The number of hydrogen-bond donors (Lipinski definition) is 2. The molecule has 0 bridgehead atoms. The van der Waals surface area contributed by atoms with Crippen LogP contribution in [0.25, 0.3) is 10.8 Å². The van der Waals surface area contributed by atoms with Crippen LogP contribution in [-0.4, -0.2) is 46.8 Å². The average Bonchev–Trinajstić information content (AvgIpc) is 2.63. The highest BCUT2D eigenvalue weighted by Crippen LogP contribution is 2.11. The number of fused-ring (bicyclic) bond motifs is 1. The zero-order chi connectivity index (χ0) is 17.1. The zero-order valence-electron chi connectivity index (χ0n) is 14.2. The SMILES string of the molecule is CN(C(=O)CCn1[nH]c(=O)c2ccccc2c1=O)C1CCNCC1.Cl. The van der Waals surface area contributed by atoms with Crippen molar-refractivity contribution in [2.24, 2.45) is 0 Å². The molecule has 25 heavy (non-hydrogen) atoms. The van der Waals surface area contributed by atoms with Crippen molar-refractivity contribution < 1.29 is 4.79 Å². The first-order valence-corrected chi connectivity index (χ1v) is 8.26. The maximum absolute atomic E-state index is 12.4. The molecule has 3 rings (SSSR count). The van der Waals surface area contributed by atoms with Gasteiger partial charge in [-0.1, -0.05) is 12.1 Å². The van der Waals surface area contributed by atoms with Crippen LogP contribution in [0.15, 0.2) is 33.9 Å². The number of aromatic amines is 1. The monoisotopic (exact) mass is 366 g/mol. The molecule has 8 heteroatoms. The molecule has 0 saturated carbocycles. The van der Waals surface area contributed by atoms with Crippen LogP contribution < -0.4 is 16.4 Å². The van der Waals surface area contributed by atoms with E-state index >= 15 is 0 Å². The van der Waals surface area contributed by atoms with E-state index in [1.807, 2.05) is 7.05 Å². The minimum atomic E-state index is -0.315. The van der Waals surface area contributed by atoms with Crippen LogP contribution in [0.4, 0.5) is 0 Å². The first-order valence-electron chi connectivity index (χ1n) is 8.26. The maximum Gasteiger partial charge on any atom is 0.273 e. The third-order valence-electron chi connectivity index (χ3n) is 4.68. The first kappa shape index (κ1) is 19.2. The number of aryl methyl sites for hydroxylation is 1. The third kappa shape index (κ3) is 4.11. The van der Waals surface area contributed by atoms with Crippen LogP contribution in [0.2, 0.25) is 0 Å². The lowest BCUT2D eigenvalue weighted by atomic mass is 10.1. The van der Waals surface area contributed by atoms with Gasteiger partial charge in [0.1, 0.15) is 0 Å². The summed E-state index contributed by atoms with van der Waals surface area (Å²) in [6.45, 7) is 2.01. The minimum absolute atomic E-state index is 0. The van der Waals surface area contributed by atoms with E-state index in [9.17, 15) is 14.4 Å². The Bertz CT molecular complexity index is 855. The quantitative estimate of drug-likeness (QED) is 0.834. The van der Waals surface area contributed by atoms with E-state index < -0.39 is 0 Å². The summed E-state index contributed by atoms with van der Waals surface area (Å²) < 4.78 is 1.23. The highest BCUT2D eigenvalue weighted by Gasteiger charge is 2.21. The van der Waals surface area contributed by atoms with Crippen molar-refractivity contribution >= 4 is 29.1 Å². The summed E-state index contributed by atoms with van der Waals surface area (Å²) in [5, 5.41) is 6.58. The van der Waals surface area contributed by atoms with Crippen molar-refractivity contribution in [2.45, 2.75) is 31.8 Å². The maximum atomic E-state index is 12.4. The van der Waals surface area contributed by atoms with E-state index in [4.69, 9.17) is 0 Å². The molecule has 1 amide bonds. The Kier molecular flexibility index (Phi) is 6.39. The van der Waals surface area contributed by atoms with Gasteiger partial charge in [0, 0.05) is 19.5 Å². The average molecular weight is 367 g/mol. The molecule has 2 heterocycles. The largest absolute Gasteiger partial charge is 0.343 e. The number of amides is 1. The van der Waals surface area contributed by atoms with Gasteiger partial charge in [-0.05, 0) is 38.1 Å². The predicted molar refractivity (Wildman–Crippen MR) is 99.4 cm³/mol. The fourth-order valence-electron chi connectivity index (χ4n) is 3.19. The van der Waals surface area contributed by atoms with Crippen molar-refractivity contribution in [3.8, 4) is 0 Å². The molecular formula is C17H23ClN4O3. The molecule has 1 aliphatic rings. The van der Waals surface area contributed by atoms with E-state index in [0.29, 0.717) is 10.8 Å². The normalized spacial score (nSPS) is 14.9. The van der Waals surface area contributed by atoms with Gasteiger partial charge < -0.3 is 10.2 Å². The molecular weight excluding hydrogens is 344 g/mol. The smallest absolute Gasteiger partial charge is 0.273 e. The number of halogens is 1. The standard InChI is InChI=1S/C17H22N4O3.ClH/c1-20(12-6-9-18-10-7-12)15(22)8-11-21-17(24)14-5-3-2-4-13(14)16(23)19-21;/h2-5,12,18H,6-11H2,1H3,(H,19,23);1H. The first-order chi connectivity index (χ1) is 11.6. The highest BCUT2D eigenvalue weighted by atomic mass is 35.5. The fraction of sp³-hybridized carbons (Fsp3) is 0.471. The minimum Gasteiger partial charge on any atom is -0.343 e. The van der Waals surface area contributed by atoms with E-state index in [1.165, 1.54) is 4.68 Å². The Balaban J connectivity index is 0.00000225. The van der Waals surface area contributed by atoms with Gasteiger partial charge in [0.15, 0.2) is 0 Å². The molecule has 0 spiro atoms. The fourth-order valence-corrected chi connectivity index (χ4v) is 3.19. The lowest BCUT2D eigenvalue weighted by Crippen LogP contribution is -2.44. The van der Waals surface area contributed by atoms with Gasteiger partial charge in [-0.15, -0.1) is 12.4 Å². The number of nitrogens with one attached hydrogen (secondary N) is 2. The molecule has 1 aromatic carbocycles. The van der Waals surface area contributed by atoms with Gasteiger partial charge in [-0.2, -0.15) is 0 Å². The summed E-state index contributed by atoms with van der Waals surface area (Å²) in [5.74, 6) is -0.0113. The molecule has 1 saturated heterocycles. The van der Waals surface area contributed by atoms with E-state index in [1.54, 1.807) is 29.2 Å². The molecule has 0 aliphatic carbocycles. The zero-order valence-corrected chi connectivity index (χ0v) is 15.0. The predicted octanol–water partition coefficient (Wildman–Crippen LogP) is 0.712. The van der Waals surface area contributed by atoms with Gasteiger partial charge >= 0.3 is 0 Å². The van der Waals surface area contributed by atoms with Gasteiger partial charge in [-0.3, -0.25) is 19.5 Å². The van der Waals surface area contributed by atoms with Crippen LogP contribution in [0.5, 0.6) is 0 Å². The van der Waals surface area contributed by atoms with Crippen molar-refractivity contribution in [3.05, 3.63) is 45.0 Å². The lowest BCUT2D eigenvalue weighted by Gasteiger charge is -2.31. The van der Waals surface area contributed by atoms with Crippen LogP contribution >= 0.6 is 12.4 Å². The summed E-state index contributed by atoms with van der Waals surface area (Å²) in [7, 11) is 1.81. The Morgan fingerprint density at radius 2 is 1.84 bits per heavy atom. The Morgan fingerprint density at radius 1 is 1.20 bits per heavy atom. The van der Waals surface area contributed by atoms with Gasteiger partial charge in [-0.25, -0.2) is 4.68 Å². The van der Waals surface area contributed by atoms with Crippen LogP contribution in [-0.2, 0) is 11.3 Å². The second-order valence-corrected chi connectivity index (χ2v) is 6.18. The topological polar surface area (TPSA) is 87.2 Å². The number of carbonyl (C=O) groups is 1. The van der Waals surface area contributed by atoms with Gasteiger partial charge in [0.2, 0.25) is 5.91 Å². The molecule has 2 aromatic rings. The lowest BCUT2D eigenvalue weighted by molar-refractivity contribution is -0.132. The van der Waals surface area contributed by atoms with Crippen LogP contribution in [0, 0.1) is 0 Å². The number of carbonyl (C=O) groups excluding carboxylic acids is 1. The van der Waals surface area contributed by atoms with Crippen LogP contribution in [0.3, 0.4) is 0 Å². The summed E-state index contributed by atoms with van der Waals surface area (Å²) >= 11 is 0. The molecule has 1 aliphatic heterocycles. The molecule has 0 unspecified atom stereocenters. The van der Waals surface area contributed by atoms with Crippen LogP contribution in [0.1, 0.15) is 19.3 Å². The molecule has 2 N–H and O–H groups in total. The number of benzene rings is 1. The molecule has 136 valence electrons. The Hall–Kier alpha value is -2.12. The number of aromatic nitrogens is 2. The molecule has 1 aromatic heterocycles. The van der Waals surface area contributed by atoms with E-state index in [2.05, 4.69) is 10.4 Å². The second-order valence-electron chi connectivity index (χ2n) is 6.18. The number of H-pyrrole nitrogens is 1. The Labute approximate surface area is 151 Å². The van der Waals surface area contributed by atoms with Crippen molar-refractivity contribution in [1.82, 2.24) is 20.0 Å². The molecule has 0 radical (unpaired) electrons. The number of rotatable bonds is 4. The highest BCUT2D eigenvalue weighted by molar-refractivity contribution is 5.85. The molecule has 1 fully saturated rings. The van der Waals surface area contributed by atoms with Gasteiger partial charge in [0.05, 0.1) is 17.3 Å². The molecule has 0 atom stereocenters. The second kappa shape index (κ2) is 8.31.